The second-order valence-electron chi connectivity index (χ2n) is 4.69. The van der Waals surface area contributed by atoms with Crippen molar-refractivity contribution in [2.75, 3.05) is 0 Å². The van der Waals surface area contributed by atoms with Crippen molar-refractivity contribution in [2.24, 2.45) is 5.41 Å². The molecule has 0 aliphatic heterocycles. The van der Waals surface area contributed by atoms with Crippen LogP contribution in [0.3, 0.4) is 0 Å². The van der Waals surface area contributed by atoms with Gasteiger partial charge in [-0.1, -0.05) is 6.42 Å². The molecule has 0 aliphatic carbocycles. The zero-order chi connectivity index (χ0) is 12.9. The highest BCUT2D eigenvalue weighted by Gasteiger charge is 2.15. The fourth-order valence-corrected chi connectivity index (χ4v) is 1.83. The van der Waals surface area contributed by atoms with Crippen molar-refractivity contribution in [3.63, 3.8) is 0 Å². The van der Waals surface area contributed by atoms with Crippen LogP contribution in [0.4, 0.5) is 0 Å². The van der Waals surface area contributed by atoms with Crippen LogP contribution in [0.2, 0.25) is 0 Å². The van der Waals surface area contributed by atoms with Gasteiger partial charge in [0, 0.05) is 12.7 Å². The minimum absolute atomic E-state index is 0.0560. The summed E-state index contributed by atoms with van der Waals surface area (Å²) < 4.78 is 2.07. The molecule has 5 heteroatoms. The first-order valence-corrected chi connectivity index (χ1v) is 6.37. The van der Waals surface area contributed by atoms with E-state index in [0.717, 1.165) is 19.3 Å². The number of hydrogen-bond donors (Lipinski definition) is 0. The molecule has 1 rings (SSSR count). The Bertz CT molecular complexity index is 473. The van der Waals surface area contributed by atoms with E-state index in [2.05, 4.69) is 27.0 Å². The van der Waals surface area contributed by atoms with Gasteiger partial charge in [-0.15, -0.1) is 0 Å². The lowest BCUT2D eigenvalue weighted by Gasteiger charge is -2.14. The topological polar surface area (TPSA) is 58.7 Å². The molecule has 0 saturated carbocycles. The van der Waals surface area contributed by atoms with Gasteiger partial charge in [0.15, 0.2) is 0 Å². The van der Waals surface area contributed by atoms with Crippen LogP contribution in [0.5, 0.6) is 0 Å². The fraction of sp³-hybridized carbons (Fsp3) is 0.583. The molecule has 0 saturated heterocycles. The number of unbranched alkanes of at least 4 members (excludes halogenated alkanes) is 1. The summed E-state index contributed by atoms with van der Waals surface area (Å²) in [6, 6.07) is 2.27. The first-order chi connectivity index (χ1) is 7.96. The molecule has 0 aliphatic rings. The Kier molecular flexibility index (Phi) is 4.88. The van der Waals surface area contributed by atoms with Crippen LogP contribution in [0.1, 0.15) is 33.1 Å². The summed E-state index contributed by atoms with van der Waals surface area (Å²) in [7, 11) is 0. The van der Waals surface area contributed by atoms with Gasteiger partial charge in [0.25, 0.3) is 5.56 Å². The molecular weight excluding hydrogens is 282 g/mol. The van der Waals surface area contributed by atoms with E-state index in [-0.39, 0.29) is 11.0 Å². The Balaban J connectivity index is 2.45. The predicted molar refractivity (Wildman–Crippen MR) is 69.4 cm³/mol. The van der Waals surface area contributed by atoms with Gasteiger partial charge in [0.05, 0.1) is 17.8 Å². The third-order valence-corrected chi connectivity index (χ3v) is 3.16. The van der Waals surface area contributed by atoms with Crippen LogP contribution in [-0.4, -0.2) is 9.55 Å². The number of aryl methyl sites for hydroxylation is 1. The normalized spacial score (nSPS) is 11.2. The van der Waals surface area contributed by atoms with E-state index < -0.39 is 0 Å². The molecule has 1 aromatic heterocycles. The first kappa shape index (κ1) is 13.9. The van der Waals surface area contributed by atoms with E-state index >= 15 is 0 Å². The summed E-state index contributed by atoms with van der Waals surface area (Å²) in [6.45, 7) is 4.51. The van der Waals surface area contributed by atoms with E-state index in [1.165, 1.54) is 6.20 Å². The zero-order valence-corrected chi connectivity index (χ0v) is 11.7. The van der Waals surface area contributed by atoms with E-state index in [1.54, 1.807) is 10.9 Å². The maximum absolute atomic E-state index is 11.6. The summed E-state index contributed by atoms with van der Waals surface area (Å²) in [6.07, 6.45) is 5.70. The molecule has 0 unspecified atom stereocenters. The third kappa shape index (κ3) is 4.31. The molecule has 0 spiro atoms. The number of nitrogens with zero attached hydrogens (tertiary/aromatic N) is 3. The Morgan fingerprint density at radius 3 is 2.88 bits per heavy atom. The first-order valence-electron chi connectivity index (χ1n) is 5.57. The number of aromatic nitrogens is 2. The molecule has 92 valence electrons. The number of hydrogen-bond acceptors (Lipinski definition) is 3. The van der Waals surface area contributed by atoms with Crippen molar-refractivity contribution in [3.05, 3.63) is 27.4 Å². The van der Waals surface area contributed by atoms with Crippen LogP contribution < -0.4 is 5.56 Å². The van der Waals surface area contributed by atoms with Gasteiger partial charge in [-0.05, 0) is 42.6 Å². The summed E-state index contributed by atoms with van der Waals surface area (Å²) in [5, 5.41) is 8.87. The smallest absolute Gasteiger partial charge is 0.267 e. The fourth-order valence-electron chi connectivity index (χ4n) is 1.49. The molecule has 0 fully saturated rings. The van der Waals surface area contributed by atoms with E-state index in [1.807, 2.05) is 13.8 Å². The second-order valence-corrected chi connectivity index (χ2v) is 5.55. The Labute approximate surface area is 109 Å². The quantitative estimate of drug-likeness (QED) is 0.785. The third-order valence-electron chi connectivity index (χ3n) is 2.61. The van der Waals surface area contributed by atoms with Gasteiger partial charge in [-0.25, -0.2) is 4.98 Å². The molecule has 4 nitrogen and oxygen atoms in total. The Hall–Kier alpha value is -1.15. The maximum Gasteiger partial charge on any atom is 0.267 e. The van der Waals surface area contributed by atoms with E-state index in [9.17, 15) is 4.79 Å². The highest BCUT2D eigenvalue weighted by atomic mass is 79.9. The van der Waals surface area contributed by atoms with Crippen LogP contribution in [-0.2, 0) is 6.54 Å². The average molecular weight is 298 g/mol. The van der Waals surface area contributed by atoms with Gasteiger partial charge in [0.1, 0.15) is 4.47 Å². The van der Waals surface area contributed by atoms with Crippen molar-refractivity contribution >= 4 is 15.9 Å². The summed E-state index contributed by atoms with van der Waals surface area (Å²) >= 11 is 3.16. The van der Waals surface area contributed by atoms with Gasteiger partial charge < -0.3 is 0 Å². The van der Waals surface area contributed by atoms with Crippen molar-refractivity contribution in [1.82, 2.24) is 9.55 Å². The molecular formula is C12H16BrN3O. The number of rotatable bonds is 5. The molecule has 0 atom stereocenters. The Morgan fingerprint density at radius 1 is 1.53 bits per heavy atom. The minimum Gasteiger partial charge on any atom is -0.298 e. The van der Waals surface area contributed by atoms with Crippen LogP contribution >= 0.6 is 15.9 Å². The van der Waals surface area contributed by atoms with Gasteiger partial charge in [-0.3, -0.25) is 9.36 Å². The lowest BCUT2D eigenvalue weighted by Crippen LogP contribution is -2.21. The molecule has 17 heavy (non-hydrogen) atoms. The minimum atomic E-state index is -0.277. The summed E-state index contributed by atoms with van der Waals surface area (Å²) in [4.78, 5) is 15.6. The zero-order valence-electron chi connectivity index (χ0n) is 10.1. The largest absolute Gasteiger partial charge is 0.298 e. The van der Waals surface area contributed by atoms with Crippen molar-refractivity contribution in [2.45, 2.75) is 39.7 Å². The van der Waals surface area contributed by atoms with Crippen LogP contribution in [0.15, 0.2) is 21.8 Å². The second kappa shape index (κ2) is 5.97. The van der Waals surface area contributed by atoms with Crippen molar-refractivity contribution in [3.8, 4) is 6.07 Å². The van der Waals surface area contributed by atoms with Gasteiger partial charge >= 0.3 is 0 Å². The standard InChI is InChI=1S/C12H16BrN3O/c1-12(2,8-14)5-3-4-6-16-9-15-7-10(13)11(16)17/h7,9H,3-6H2,1-2H3. The van der Waals surface area contributed by atoms with E-state index in [4.69, 9.17) is 5.26 Å². The number of nitriles is 1. The molecule has 0 radical (unpaired) electrons. The molecule has 1 heterocycles. The van der Waals surface area contributed by atoms with Crippen molar-refractivity contribution < 1.29 is 0 Å². The molecule has 0 N–H and O–H groups in total. The average Bonchev–Trinajstić information content (AvgIpc) is 2.30. The molecule has 0 aromatic carbocycles. The monoisotopic (exact) mass is 297 g/mol. The highest BCUT2D eigenvalue weighted by molar-refractivity contribution is 9.10. The molecule has 1 aromatic rings. The predicted octanol–water partition coefficient (Wildman–Crippen LogP) is 2.73. The Morgan fingerprint density at radius 2 is 2.24 bits per heavy atom. The summed E-state index contributed by atoms with van der Waals surface area (Å²) in [5.41, 5.74) is -0.333. The highest BCUT2D eigenvalue weighted by Crippen LogP contribution is 2.21. The van der Waals surface area contributed by atoms with Crippen molar-refractivity contribution in [1.29, 1.82) is 5.26 Å². The van der Waals surface area contributed by atoms with Crippen LogP contribution in [0, 0.1) is 16.7 Å². The molecule has 0 bridgehead atoms. The van der Waals surface area contributed by atoms with E-state index in [0.29, 0.717) is 11.0 Å². The maximum atomic E-state index is 11.6. The molecule has 0 amide bonds. The SMILES string of the molecule is CC(C)(C#N)CCCCn1cncc(Br)c1=O. The van der Waals surface area contributed by atoms with Gasteiger partial charge in [0.2, 0.25) is 0 Å². The van der Waals surface area contributed by atoms with Crippen LogP contribution in [0.25, 0.3) is 0 Å². The number of halogens is 1. The summed E-state index contributed by atoms with van der Waals surface area (Å²) in [5.74, 6) is 0. The lowest BCUT2D eigenvalue weighted by atomic mass is 9.89. The van der Waals surface area contributed by atoms with Gasteiger partial charge in [-0.2, -0.15) is 5.26 Å². The lowest BCUT2D eigenvalue weighted by molar-refractivity contribution is 0.415.